The molecular formula is C15H21N3O4. The molecule has 0 fully saturated rings. The van der Waals surface area contributed by atoms with E-state index in [2.05, 4.69) is 10.6 Å². The van der Waals surface area contributed by atoms with Gasteiger partial charge in [-0.05, 0) is 37.1 Å². The van der Waals surface area contributed by atoms with Crippen molar-refractivity contribution in [1.82, 2.24) is 5.32 Å². The van der Waals surface area contributed by atoms with Crippen molar-refractivity contribution in [2.75, 3.05) is 5.32 Å². The SMILES string of the molecule is CC(C)[C@H](NC(=O)[C@H](C)N)C(=O)Nc1ccc(C(=O)O)cc1. The molecule has 7 nitrogen and oxygen atoms in total. The fraction of sp³-hybridized carbons (Fsp3) is 0.400. The van der Waals surface area contributed by atoms with Crippen LogP contribution in [-0.2, 0) is 9.59 Å². The highest BCUT2D eigenvalue weighted by atomic mass is 16.4. The number of nitrogens with one attached hydrogen (secondary N) is 2. The molecule has 22 heavy (non-hydrogen) atoms. The summed E-state index contributed by atoms with van der Waals surface area (Å²) in [5, 5.41) is 14.1. The molecule has 1 aromatic rings. The highest BCUT2D eigenvalue weighted by Crippen LogP contribution is 2.12. The van der Waals surface area contributed by atoms with E-state index in [9.17, 15) is 14.4 Å². The molecule has 120 valence electrons. The zero-order valence-electron chi connectivity index (χ0n) is 12.8. The third-order valence-electron chi connectivity index (χ3n) is 3.06. The van der Waals surface area contributed by atoms with Crippen LogP contribution in [0.15, 0.2) is 24.3 Å². The normalized spacial score (nSPS) is 13.3. The highest BCUT2D eigenvalue weighted by molar-refractivity contribution is 5.98. The molecule has 0 heterocycles. The van der Waals surface area contributed by atoms with Crippen LogP contribution in [0.1, 0.15) is 31.1 Å². The van der Waals surface area contributed by atoms with Gasteiger partial charge in [0.1, 0.15) is 6.04 Å². The molecule has 0 radical (unpaired) electrons. The van der Waals surface area contributed by atoms with Gasteiger partial charge in [0.15, 0.2) is 0 Å². The van der Waals surface area contributed by atoms with Crippen molar-refractivity contribution in [2.45, 2.75) is 32.9 Å². The molecule has 0 aliphatic heterocycles. The first-order valence-electron chi connectivity index (χ1n) is 6.92. The van der Waals surface area contributed by atoms with Gasteiger partial charge >= 0.3 is 5.97 Å². The Morgan fingerprint density at radius 2 is 1.59 bits per heavy atom. The summed E-state index contributed by atoms with van der Waals surface area (Å²) in [5.74, 6) is -1.95. The summed E-state index contributed by atoms with van der Waals surface area (Å²) in [7, 11) is 0. The number of benzene rings is 1. The monoisotopic (exact) mass is 307 g/mol. The van der Waals surface area contributed by atoms with Crippen LogP contribution in [0.5, 0.6) is 0 Å². The van der Waals surface area contributed by atoms with E-state index in [4.69, 9.17) is 10.8 Å². The molecule has 7 heteroatoms. The third kappa shape index (κ3) is 4.85. The number of carbonyl (C=O) groups is 3. The standard InChI is InChI=1S/C15H21N3O4/c1-8(2)12(18-13(19)9(3)16)14(20)17-11-6-4-10(5-7-11)15(21)22/h4-9,12H,16H2,1-3H3,(H,17,20)(H,18,19)(H,21,22)/t9-,12-/m0/s1. The Labute approximate surface area is 128 Å². The smallest absolute Gasteiger partial charge is 0.335 e. The van der Waals surface area contributed by atoms with E-state index >= 15 is 0 Å². The van der Waals surface area contributed by atoms with E-state index in [1.807, 2.05) is 0 Å². The first-order chi connectivity index (χ1) is 10.2. The zero-order chi connectivity index (χ0) is 16.9. The third-order valence-corrected chi connectivity index (χ3v) is 3.06. The van der Waals surface area contributed by atoms with E-state index < -0.39 is 24.0 Å². The Hall–Kier alpha value is -2.41. The molecule has 5 N–H and O–H groups in total. The minimum atomic E-state index is -1.04. The van der Waals surface area contributed by atoms with Gasteiger partial charge in [-0.15, -0.1) is 0 Å². The summed E-state index contributed by atoms with van der Waals surface area (Å²) < 4.78 is 0. The van der Waals surface area contributed by atoms with Gasteiger partial charge < -0.3 is 21.5 Å². The van der Waals surface area contributed by atoms with E-state index in [1.165, 1.54) is 31.2 Å². The van der Waals surface area contributed by atoms with Gasteiger partial charge in [-0.3, -0.25) is 9.59 Å². The number of rotatable bonds is 6. The van der Waals surface area contributed by atoms with Crippen molar-refractivity contribution in [3.63, 3.8) is 0 Å². The Morgan fingerprint density at radius 1 is 1.05 bits per heavy atom. The number of hydrogen-bond acceptors (Lipinski definition) is 4. The number of hydrogen-bond donors (Lipinski definition) is 4. The van der Waals surface area contributed by atoms with Gasteiger partial charge in [0.25, 0.3) is 0 Å². The maximum atomic E-state index is 12.2. The fourth-order valence-corrected chi connectivity index (χ4v) is 1.74. The van der Waals surface area contributed by atoms with Crippen molar-refractivity contribution in [3.05, 3.63) is 29.8 Å². The van der Waals surface area contributed by atoms with E-state index in [0.29, 0.717) is 5.69 Å². The first-order valence-corrected chi connectivity index (χ1v) is 6.92. The lowest BCUT2D eigenvalue weighted by atomic mass is 10.0. The second kappa shape index (κ2) is 7.56. The Kier molecular flexibility index (Phi) is 6.06. The summed E-state index contributed by atoms with van der Waals surface area (Å²) >= 11 is 0. The molecule has 0 spiro atoms. The van der Waals surface area contributed by atoms with Crippen molar-refractivity contribution >= 4 is 23.5 Å². The number of amides is 2. The van der Waals surface area contributed by atoms with Crippen LogP contribution in [0.4, 0.5) is 5.69 Å². The molecule has 0 bridgehead atoms. The Morgan fingerprint density at radius 3 is 2.00 bits per heavy atom. The predicted molar refractivity (Wildman–Crippen MR) is 82.4 cm³/mol. The molecule has 0 aliphatic carbocycles. The number of aromatic carboxylic acids is 1. The molecule has 0 saturated carbocycles. The van der Waals surface area contributed by atoms with Crippen LogP contribution in [0.25, 0.3) is 0 Å². The fourth-order valence-electron chi connectivity index (χ4n) is 1.74. The second-order valence-electron chi connectivity index (χ2n) is 5.39. The minimum absolute atomic E-state index is 0.124. The van der Waals surface area contributed by atoms with Gasteiger partial charge in [0.05, 0.1) is 11.6 Å². The lowest BCUT2D eigenvalue weighted by Crippen LogP contribution is -2.51. The maximum Gasteiger partial charge on any atom is 0.335 e. The molecule has 2 atom stereocenters. The number of carboxylic acids is 1. The van der Waals surface area contributed by atoms with E-state index in [0.717, 1.165) is 0 Å². The van der Waals surface area contributed by atoms with Gasteiger partial charge in [0.2, 0.25) is 11.8 Å². The quantitative estimate of drug-likeness (QED) is 0.619. The van der Waals surface area contributed by atoms with Crippen LogP contribution in [0.2, 0.25) is 0 Å². The molecular weight excluding hydrogens is 286 g/mol. The maximum absolute atomic E-state index is 12.2. The van der Waals surface area contributed by atoms with Crippen LogP contribution in [0.3, 0.4) is 0 Å². The average molecular weight is 307 g/mol. The van der Waals surface area contributed by atoms with Gasteiger partial charge in [-0.1, -0.05) is 13.8 Å². The number of carbonyl (C=O) groups excluding carboxylic acids is 2. The van der Waals surface area contributed by atoms with E-state index in [1.54, 1.807) is 13.8 Å². The predicted octanol–water partition coefficient (Wildman–Crippen LogP) is 0.811. The Bertz CT molecular complexity index is 552. The van der Waals surface area contributed by atoms with Gasteiger partial charge in [-0.25, -0.2) is 4.79 Å². The van der Waals surface area contributed by atoms with Crippen LogP contribution in [0, 0.1) is 5.92 Å². The van der Waals surface area contributed by atoms with Gasteiger partial charge in [0, 0.05) is 5.69 Å². The lowest BCUT2D eigenvalue weighted by molar-refractivity contribution is -0.127. The lowest BCUT2D eigenvalue weighted by Gasteiger charge is -2.22. The largest absolute Gasteiger partial charge is 0.478 e. The van der Waals surface area contributed by atoms with Crippen LogP contribution < -0.4 is 16.4 Å². The van der Waals surface area contributed by atoms with Crippen molar-refractivity contribution < 1.29 is 19.5 Å². The molecule has 1 aromatic carbocycles. The van der Waals surface area contributed by atoms with Crippen molar-refractivity contribution in [2.24, 2.45) is 11.7 Å². The van der Waals surface area contributed by atoms with Crippen LogP contribution >= 0.6 is 0 Å². The first kappa shape index (κ1) is 17.6. The number of nitrogens with two attached hydrogens (primary N) is 1. The molecule has 2 amide bonds. The summed E-state index contributed by atoms with van der Waals surface area (Å²) in [6.45, 7) is 5.15. The van der Waals surface area contributed by atoms with E-state index in [-0.39, 0.29) is 17.4 Å². The minimum Gasteiger partial charge on any atom is -0.478 e. The summed E-state index contributed by atoms with van der Waals surface area (Å²) in [5.41, 5.74) is 6.07. The highest BCUT2D eigenvalue weighted by Gasteiger charge is 2.25. The Balaban J connectivity index is 2.78. The molecule has 0 aromatic heterocycles. The summed E-state index contributed by atoms with van der Waals surface area (Å²) in [6, 6.07) is 4.34. The summed E-state index contributed by atoms with van der Waals surface area (Å²) in [6.07, 6.45) is 0. The molecule has 0 aliphatic rings. The van der Waals surface area contributed by atoms with Gasteiger partial charge in [-0.2, -0.15) is 0 Å². The molecule has 0 unspecified atom stereocenters. The molecule has 1 rings (SSSR count). The average Bonchev–Trinajstić information content (AvgIpc) is 2.44. The second-order valence-corrected chi connectivity index (χ2v) is 5.39. The molecule has 0 saturated heterocycles. The number of carboxylic acid groups (broad SMARTS) is 1. The van der Waals surface area contributed by atoms with Crippen molar-refractivity contribution in [3.8, 4) is 0 Å². The zero-order valence-corrected chi connectivity index (χ0v) is 12.8. The van der Waals surface area contributed by atoms with Crippen LogP contribution in [-0.4, -0.2) is 35.0 Å². The van der Waals surface area contributed by atoms with Crippen molar-refractivity contribution in [1.29, 1.82) is 0 Å². The summed E-state index contributed by atoms with van der Waals surface area (Å²) in [4.78, 5) is 34.7. The topological polar surface area (TPSA) is 122 Å². The number of anilines is 1.